The number of nitrogens with zero attached hydrogens (tertiary/aromatic N) is 1. The van der Waals surface area contributed by atoms with Gasteiger partial charge in [0.1, 0.15) is 0 Å². The van der Waals surface area contributed by atoms with E-state index in [1.165, 1.54) is 0 Å². The molecule has 1 atom stereocenters. The minimum Gasteiger partial charge on any atom is -0.379 e. The Bertz CT molecular complexity index is 467. The molecule has 6 heteroatoms. The Morgan fingerprint density at radius 2 is 2.42 bits per heavy atom. The van der Waals surface area contributed by atoms with Crippen molar-refractivity contribution >= 4 is 21.8 Å². The van der Waals surface area contributed by atoms with E-state index < -0.39 is 0 Å². The lowest BCUT2D eigenvalue weighted by Crippen LogP contribution is -2.43. The number of nitrogen functional groups attached to an aromatic ring is 1. The molecule has 0 bridgehead atoms. The van der Waals surface area contributed by atoms with Crippen molar-refractivity contribution < 1.29 is 9.53 Å². The van der Waals surface area contributed by atoms with Crippen LogP contribution in [0.3, 0.4) is 0 Å². The van der Waals surface area contributed by atoms with Crippen molar-refractivity contribution in [1.29, 1.82) is 0 Å². The van der Waals surface area contributed by atoms with E-state index in [1.54, 1.807) is 12.1 Å². The molecule has 1 aliphatic rings. The van der Waals surface area contributed by atoms with Gasteiger partial charge in [0.25, 0.3) is 5.91 Å². The van der Waals surface area contributed by atoms with Gasteiger partial charge in [-0.15, -0.1) is 0 Å². The predicted octanol–water partition coefficient (Wildman–Crippen LogP) is 1.27. The van der Waals surface area contributed by atoms with Gasteiger partial charge in [-0.2, -0.15) is 0 Å². The van der Waals surface area contributed by atoms with Crippen LogP contribution in [0, 0.1) is 0 Å². The predicted molar refractivity (Wildman–Crippen MR) is 76.5 cm³/mol. The van der Waals surface area contributed by atoms with Crippen molar-refractivity contribution in [2.45, 2.75) is 19.5 Å². The molecule has 1 saturated heterocycles. The van der Waals surface area contributed by atoms with Crippen LogP contribution in [-0.4, -0.2) is 36.6 Å². The monoisotopic (exact) mass is 327 g/mol. The van der Waals surface area contributed by atoms with E-state index in [4.69, 9.17) is 10.6 Å². The fourth-order valence-corrected chi connectivity index (χ4v) is 2.62. The van der Waals surface area contributed by atoms with Gasteiger partial charge in [-0.25, -0.2) is 5.84 Å². The van der Waals surface area contributed by atoms with Gasteiger partial charge in [-0.05, 0) is 24.6 Å². The van der Waals surface area contributed by atoms with Gasteiger partial charge in [0.05, 0.1) is 13.2 Å². The Balaban J connectivity index is 2.10. The number of nitrogens with two attached hydrogens (primary N) is 1. The van der Waals surface area contributed by atoms with Crippen LogP contribution in [0.5, 0.6) is 0 Å². The van der Waals surface area contributed by atoms with E-state index in [0.717, 1.165) is 36.3 Å². The number of halogens is 1. The molecule has 3 N–H and O–H groups in total. The Hall–Kier alpha value is -0.950. The number of morpholine rings is 1. The van der Waals surface area contributed by atoms with Crippen LogP contribution in [0.25, 0.3) is 0 Å². The number of ether oxygens (including phenoxy) is 1. The molecule has 1 aromatic rings. The fraction of sp³-hybridized carbons (Fsp3) is 0.462. The van der Waals surface area contributed by atoms with Crippen molar-refractivity contribution in [3.8, 4) is 0 Å². The van der Waals surface area contributed by atoms with Gasteiger partial charge in [0, 0.05) is 29.2 Å². The first kappa shape index (κ1) is 14.5. The highest BCUT2D eigenvalue weighted by Crippen LogP contribution is 2.22. The molecule has 1 aliphatic heterocycles. The highest BCUT2D eigenvalue weighted by molar-refractivity contribution is 9.10. The van der Waals surface area contributed by atoms with Gasteiger partial charge in [0.15, 0.2) is 0 Å². The first-order valence-corrected chi connectivity index (χ1v) is 7.02. The summed E-state index contributed by atoms with van der Waals surface area (Å²) in [6, 6.07) is 5.94. The quantitative estimate of drug-likeness (QED) is 0.498. The minimum atomic E-state index is -0.285. The highest BCUT2D eigenvalue weighted by atomic mass is 79.9. The van der Waals surface area contributed by atoms with Crippen LogP contribution in [0.1, 0.15) is 22.8 Å². The highest BCUT2D eigenvalue weighted by Gasteiger charge is 2.19. The van der Waals surface area contributed by atoms with Crippen molar-refractivity contribution in [1.82, 2.24) is 10.3 Å². The lowest BCUT2D eigenvalue weighted by molar-refractivity contribution is -0.00445. The van der Waals surface area contributed by atoms with Crippen LogP contribution in [0.2, 0.25) is 0 Å². The zero-order valence-electron chi connectivity index (χ0n) is 10.9. The van der Waals surface area contributed by atoms with Crippen molar-refractivity contribution in [2.75, 3.05) is 19.8 Å². The SMILES string of the molecule is CC1COCCN1Cc1ccc(C(=O)NN)cc1Br. The number of benzene rings is 1. The molecule has 0 aliphatic carbocycles. The van der Waals surface area contributed by atoms with Crippen LogP contribution in [0.15, 0.2) is 22.7 Å². The number of hydrogen-bond acceptors (Lipinski definition) is 4. The number of carbonyl (C=O) groups excluding carboxylic acids is 1. The standard InChI is InChI=1S/C13H18BrN3O2/c1-9-8-19-5-4-17(9)7-11-3-2-10(6-12(11)14)13(18)16-15/h2-3,6,9H,4-5,7-8,15H2,1H3,(H,16,18). The average molecular weight is 328 g/mol. The lowest BCUT2D eigenvalue weighted by atomic mass is 10.1. The summed E-state index contributed by atoms with van der Waals surface area (Å²) in [5.41, 5.74) is 3.83. The summed E-state index contributed by atoms with van der Waals surface area (Å²) in [6.45, 7) is 5.47. The molecule has 1 unspecified atom stereocenters. The Kier molecular flexibility index (Phi) is 4.93. The summed E-state index contributed by atoms with van der Waals surface area (Å²) in [7, 11) is 0. The molecular formula is C13H18BrN3O2. The van der Waals surface area contributed by atoms with Crippen molar-refractivity contribution in [3.63, 3.8) is 0 Å². The molecule has 2 rings (SSSR count). The third-order valence-electron chi connectivity index (χ3n) is 3.33. The number of hydrogen-bond donors (Lipinski definition) is 2. The van der Waals surface area contributed by atoms with E-state index in [1.807, 2.05) is 6.07 Å². The molecule has 5 nitrogen and oxygen atoms in total. The number of hydrazine groups is 1. The summed E-state index contributed by atoms with van der Waals surface area (Å²) >= 11 is 3.51. The largest absolute Gasteiger partial charge is 0.379 e. The van der Waals surface area contributed by atoms with E-state index in [2.05, 4.69) is 33.2 Å². The smallest absolute Gasteiger partial charge is 0.265 e. The number of nitrogens with one attached hydrogen (secondary N) is 1. The van der Waals surface area contributed by atoms with E-state index in [0.29, 0.717) is 11.6 Å². The molecule has 1 aromatic carbocycles. The van der Waals surface area contributed by atoms with Crippen LogP contribution < -0.4 is 11.3 Å². The maximum absolute atomic E-state index is 11.4. The maximum Gasteiger partial charge on any atom is 0.265 e. The van der Waals surface area contributed by atoms with E-state index in [9.17, 15) is 4.79 Å². The summed E-state index contributed by atoms with van der Waals surface area (Å²) in [6.07, 6.45) is 0. The topological polar surface area (TPSA) is 67.6 Å². The van der Waals surface area contributed by atoms with Gasteiger partial charge in [-0.1, -0.05) is 22.0 Å². The molecule has 0 aromatic heterocycles. The van der Waals surface area contributed by atoms with E-state index >= 15 is 0 Å². The molecular weight excluding hydrogens is 310 g/mol. The first-order valence-electron chi connectivity index (χ1n) is 6.23. The number of rotatable bonds is 3. The molecule has 0 radical (unpaired) electrons. The second-order valence-electron chi connectivity index (χ2n) is 4.67. The second-order valence-corrected chi connectivity index (χ2v) is 5.53. The molecule has 19 heavy (non-hydrogen) atoms. The Morgan fingerprint density at radius 1 is 1.63 bits per heavy atom. The van der Waals surface area contributed by atoms with Crippen molar-refractivity contribution in [2.24, 2.45) is 5.84 Å². The number of carbonyl (C=O) groups is 1. The first-order chi connectivity index (χ1) is 9.11. The molecule has 0 saturated carbocycles. The van der Waals surface area contributed by atoms with Gasteiger partial charge >= 0.3 is 0 Å². The zero-order valence-corrected chi connectivity index (χ0v) is 12.4. The second kappa shape index (κ2) is 6.47. The molecule has 104 valence electrons. The molecule has 1 heterocycles. The summed E-state index contributed by atoms with van der Waals surface area (Å²) in [5, 5.41) is 0. The van der Waals surface area contributed by atoms with Crippen molar-refractivity contribution in [3.05, 3.63) is 33.8 Å². The zero-order chi connectivity index (χ0) is 13.8. The Labute approximate surface area is 121 Å². The third-order valence-corrected chi connectivity index (χ3v) is 4.06. The number of amides is 1. The van der Waals surface area contributed by atoms with Crippen LogP contribution in [-0.2, 0) is 11.3 Å². The van der Waals surface area contributed by atoms with Gasteiger partial charge in [0.2, 0.25) is 0 Å². The molecule has 1 fully saturated rings. The summed E-state index contributed by atoms with van der Waals surface area (Å²) in [5.74, 6) is 4.84. The maximum atomic E-state index is 11.4. The Morgan fingerprint density at radius 3 is 3.05 bits per heavy atom. The average Bonchev–Trinajstić information content (AvgIpc) is 2.42. The van der Waals surface area contributed by atoms with Crippen LogP contribution in [0.4, 0.5) is 0 Å². The normalized spacial score (nSPS) is 20.3. The molecule has 1 amide bonds. The molecule has 0 spiro atoms. The summed E-state index contributed by atoms with van der Waals surface area (Å²) < 4.78 is 6.35. The van der Waals surface area contributed by atoms with Gasteiger partial charge < -0.3 is 4.74 Å². The fourth-order valence-electron chi connectivity index (χ4n) is 2.12. The van der Waals surface area contributed by atoms with Crippen LogP contribution >= 0.6 is 15.9 Å². The van der Waals surface area contributed by atoms with E-state index in [-0.39, 0.29) is 5.91 Å². The lowest BCUT2D eigenvalue weighted by Gasteiger charge is -2.33. The summed E-state index contributed by atoms with van der Waals surface area (Å²) in [4.78, 5) is 13.8. The van der Waals surface area contributed by atoms with Gasteiger partial charge in [-0.3, -0.25) is 15.1 Å². The third kappa shape index (κ3) is 3.54. The minimum absolute atomic E-state index is 0.285.